The predicted octanol–water partition coefficient (Wildman–Crippen LogP) is 5.62. The predicted molar refractivity (Wildman–Crippen MR) is 85.4 cm³/mol. The molecule has 0 bridgehead atoms. The molecule has 1 N–H and O–H groups in total. The molecule has 0 saturated heterocycles. The van der Waals surface area contributed by atoms with Gasteiger partial charge < -0.3 is 5.11 Å². The smallest absolute Gasteiger partial charge is 0.254 e. The zero-order valence-corrected chi connectivity index (χ0v) is 14.2. The SMILES string of the molecule is CC.CC.OC1(c2cc3ccc(Cl)nc3s2)CC(F)(F)C1. The van der Waals surface area contributed by atoms with Crippen LogP contribution in [0.5, 0.6) is 0 Å². The van der Waals surface area contributed by atoms with Gasteiger partial charge in [0.25, 0.3) is 5.92 Å². The normalized spacial score (nSPS) is 17.9. The van der Waals surface area contributed by atoms with Crippen LogP contribution in [0.25, 0.3) is 10.2 Å². The van der Waals surface area contributed by atoms with Crippen LogP contribution in [0.15, 0.2) is 18.2 Å². The summed E-state index contributed by atoms with van der Waals surface area (Å²) >= 11 is 6.96. The van der Waals surface area contributed by atoms with E-state index >= 15 is 0 Å². The lowest BCUT2D eigenvalue weighted by Crippen LogP contribution is -2.48. The van der Waals surface area contributed by atoms with Gasteiger partial charge in [-0.25, -0.2) is 13.8 Å². The average molecular weight is 336 g/mol. The van der Waals surface area contributed by atoms with E-state index in [2.05, 4.69) is 4.98 Å². The average Bonchev–Trinajstić information content (AvgIpc) is 2.84. The third kappa shape index (κ3) is 3.90. The van der Waals surface area contributed by atoms with Crippen molar-refractivity contribution in [2.45, 2.75) is 52.1 Å². The van der Waals surface area contributed by atoms with Crippen molar-refractivity contribution in [1.29, 1.82) is 0 Å². The van der Waals surface area contributed by atoms with Gasteiger partial charge in [0, 0.05) is 23.1 Å². The van der Waals surface area contributed by atoms with Gasteiger partial charge in [0.15, 0.2) is 0 Å². The summed E-state index contributed by atoms with van der Waals surface area (Å²) in [6.07, 6.45) is -1.03. The molecule has 1 aliphatic rings. The third-order valence-corrected chi connectivity index (χ3v) is 4.36. The standard InChI is InChI=1S/C11H8ClF2NOS.2C2H6/c12-8-2-1-6-3-7(17-9(6)15-8)10(16)4-11(13,14)5-10;2*1-2/h1-3,16H,4-5H2;2*1-2H3. The monoisotopic (exact) mass is 335 g/mol. The summed E-state index contributed by atoms with van der Waals surface area (Å²) in [6, 6.07) is 5.11. The Bertz CT molecular complexity index is 592. The Balaban J connectivity index is 0.000000510. The lowest BCUT2D eigenvalue weighted by atomic mass is 9.75. The zero-order chi connectivity index (χ0) is 16.3. The van der Waals surface area contributed by atoms with Crippen LogP contribution in [-0.2, 0) is 5.60 Å². The molecule has 2 aromatic heterocycles. The number of thiophene rings is 1. The molecule has 2 heterocycles. The molecule has 0 aliphatic heterocycles. The van der Waals surface area contributed by atoms with Crippen LogP contribution in [0.3, 0.4) is 0 Å². The number of rotatable bonds is 1. The third-order valence-electron chi connectivity index (χ3n) is 2.91. The van der Waals surface area contributed by atoms with E-state index in [0.29, 0.717) is 14.9 Å². The van der Waals surface area contributed by atoms with Crippen LogP contribution in [0.2, 0.25) is 5.15 Å². The Morgan fingerprint density at radius 3 is 2.29 bits per heavy atom. The summed E-state index contributed by atoms with van der Waals surface area (Å²) in [5.41, 5.74) is -1.40. The van der Waals surface area contributed by atoms with Gasteiger partial charge in [0.1, 0.15) is 15.6 Å². The van der Waals surface area contributed by atoms with Crippen LogP contribution in [-0.4, -0.2) is 16.0 Å². The molecular formula is C15H20ClF2NOS. The van der Waals surface area contributed by atoms with Gasteiger partial charge in [-0.15, -0.1) is 11.3 Å². The molecule has 0 unspecified atom stereocenters. The highest BCUT2D eigenvalue weighted by atomic mass is 35.5. The van der Waals surface area contributed by atoms with Crippen molar-refractivity contribution in [3.63, 3.8) is 0 Å². The Hall–Kier alpha value is -0.780. The first kappa shape index (κ1) is 18.3. The fourth-order valence-electron chi connectivity index (χ4n) is 2.10. The van der Waals surface area contributed by atoms with Crippen molar-refractivity contribution in [3.05, 3.63) is 28.2 Å². The minimum atomic E-state index is -2.75. The highest BCUT2D eigenvalue weighted by Gasteiger charge is 2.57. The van der Waals surface area contributed by atoms with Gasteiger partial charge in [0.2, 0.25) is 0 Å². The van der Waals surface area contributed by atoms with E-state index < -0.39 is 24.4 Å². The van der Waals surface area contributed by atoms with E-state index in [4.69, 9.17) is 11.6 Å². The molecule has 0 aromatic carbocycles. The summed E-state index contributed by atoms with van der Waals surface area (Å²) in [7, 11) is 0. The number of halogens is 3. The number of hydrogen-bond donors (Lipinski definition) is 1. The molecule has 1 saturated carbocycles. The van der Waals surface area contributed by atoms with E-state index in [9.17, 15) is 13.9 Å². The van der Waals surface area contributed by atoms with E-state index in [1.165, 1.54) is 11.3 Å². The lowest BCUT2D eigenvalue weighted by molar-refractivity contribution is -0.208. The molecule has 1 aliphatic carbocycles. The minimum Gasteiger partial charge on any atom is -0.384 e. The largest absolute Gasteiger partial charge is 0.384 e. The Kier molecular flexibility index (Phi) is 6.08. The summed E-state index contributed by atoms with van der Waals surface area (Å²) in [4.78, 5) is 5.29. The molecule has 2 aromatic rings. The van der Waals surface area contributed by atoms with E-state index in [1.54, 1.807) is 18.2 Å². The van der Waals surface area contributed by atoms with Gasteiger partial charge in [-0.05, 0) is 18.2 Å². The first-order chi connectivity index (χ1) is 9.88. The highest BCUT2D eigenvalue weighted by molar-refractivity contribution is 7.18. The number of nitrogens with zero attached hydrogens (tertiary/aromatic N) is 1. The molecule has 0 spiro atoms. The van der Waals surface area contributed by atoms with Gasteiger partial charge in [0.05, 0.1) is 0 Å². The van der Waals surface area contributed by atoms with E-state index in [1.807, 2.05) is 27.7 Å². The van der Waals surface area contributed by atoms with Crippen LogP contribution in [0.4, 0.5) is 8.78 Å². The van der Waals surface area contributed by atoms with Crippen LogP contribution in [0, 0.1) is 0 Å². The number of pyridine rings is 1. The van der Waals surface area contributed by atoms with Crippen molar-refractivity contribution in [2.75, 3.05) is 0 Å². The topological polar surface area (TPSA) is 33.1 Å². The first-order valence-corrected chi connectivity index (χ1v) is 8.24. The molecule has 21 heavy (non-hydrogen) atoms. The molecule has 3 rings (SSSR count). The molecule has 1 fully saturated rings. The summed E-state index contributed by atoms with van der Waals surface area (Å²) in [5.74, 6) is -2.75. The van der Waals surface area contributed by atoms with Crippen molar-refractivity contribution in [3.8, 4) is 0 Å². The number of fused-ring (bicyclic) bond motifs is 1. The first-order valence-electron chi connectivity index (χ1n) is 7.05. The van der Waals surface area contributed by atoms with Crippen molar-refractivity contribution < 1.29 is 13.9 Å². The number of alkyl halides is 2. The van der Waals surface area contributed by atoms with Crippen LogP contribution in [0.1, 0.15) is 45.4 Å². The maximum atomic E-state index is 12.8. The fraction of sp³-hybridized carbons (Fsp3) is 0.533. The van der Waals surface area contributed by atoms with Crippen LogP contribution < -0.4 is 0 Å². The number of aromatic nitrogens is 1. The van der Waals surface area contributed by atoms with Crippen molar-refractivity contribution in [1.82, 2.24) is 4.98 Å². The Morgan fingerprint density at radius 2 is 1.76 bits per heavy atom. The van der Waals surface area contributed by atoms with Gasteiger partial charge in [-0.1, -0.05) is 39.3 Å². The fourth-order valence-corrected chi connectivity index (χ4v) is 3.42. The molecule has 0 atom stereocenters. The second kappa shape index (κ2) is 6.99. The lowest BCUT2D eigenvalue weighted by Gasteiger charge is -2.42. The molecule has 0 radical (unpaired) electrons. The molecular weight excluding hydrogens is 316 g/mol. The Morgan fingerprint density at radius 1 is 1.19 bits per heavy atom. The summed E-state index contributed by atoms with van der Waals surface area (Å²) < 4.78 is 25.7. The van der Waals surface area contributed by atoms with E-state index in [0.717, 1.165) is 5.39 Å². The van der Waals surface area contributed by atoms with Crippen molar-refractivity contribution in [2.24, 2.45) is 0 Å². The second-order valence-corrected chi connectivity index (χ2v) is 5.80. The molecule has 0 amide bonds. The maximum Gasteiger partial charge on any atom is 0.254 e. The quantitative estimate of drug-likeness (QED) is 0.686. The molecule has 2 nitrogen and oxygen atoms in total. The number of aliphatic hydroxyl groups is 1. The van der Waals surface area contributed by atoms with Gasteiger partial charge >= 0.3 is 0 Å². The minimum absolute atomic E-state index is 0.358. The number of hydrogen-bond acceptors (Lipinski definition) is 3. The van der Waals surface area contributed by atoms with Gasteiger partial charge in [-0.2, -0.15) is 0 Å². The summed E-state index contributed by atoms with van der Waals surface area (Å²) in [6.45, 7) is 8.00. The van der Waals surface area contributed by atoms with Crippen molar-refractivity contribution >= 4 is 33.2 Å². The zero-order valence-electron chi connectivity index (χ0n) is 12.6. The molecule has 6 heteroatoms. The summed E-state index contributed by atoms with van der Waals surface area (Å²) in [5, 5.41) is 11.2. The highest BCUT2D eigenvalue weighted by Crippen LogP contribution is 2.53. The maximum absolute atomic E-state index is 12.8. The Labute approximate surface area is 132 Å². The van der Waals surface area contributed by atoms with Gasteiger partial charge in [-0.3, -0.25) is 0 Å². The second-order valence-electron chi connectivity index (χ2n) is 4.38. The van der Waals surface area contributed by atoms with E-state index in [-0.39, 0.29) is 0 Å². The molecule has 118 valence electrons. The van der Waals surface area contributed by atoms with Crippen LogP contribution >= 0.6 is 22.9 Å².